The molecule has 1 saturated carbocycles. The van der Waals surface area contributed by atoms with E-state index in [9.17, 15) is 4.79 Å². The second-order valence-electron chi connectivity index (χ2n) is 8.53. The highest BCUT2D eigenvalue weighted by Gasteiger charge is 2.31. The second kappa shape index (κ2) is 8.66. The largest absolute Gasteiger partial charge is 0.341 e. The van der Waals surface area contributed by atoms with E-state index in [0.29, 0.717) is 11.9 Å². The van der Waals surface area contributed by atoms with E-state index in [4.69, 9.17) is 0 Å². The molecule has 0 aromatic rings. The van der Waals surface area contributed by atoms with Gasteiger partial charge in [0.25, 0.3) is 0 Å². The molecule has 4 nitrogen and oxygen atoms in total. The van der Waals surface area contributed by atoms with Crippen LogP contribution in [-0.4, -0.2) is 61.0 Å². The normalized spacial score (nSPS) is 27.3. The van der Waals surface area contributed by atoms with Crippen molar-refractivity contribution >= 4 is 5.91 Å². The zero-order valence-corrected chi connectivity index (χ0v) is 15.8. The molecule has 1 amide bonds. The molecule has 4 heteroatoms. The summed E-state index contributed by atoms with van der Waals surface area (Å²) in [5, 5.41) is 3.60. The summed E-state index contributed by atoms with van der Waals surface area (Å²) < 4.78 is 0. The SMILES string of the molecule is C[C@@H](NC1CCCCC1)C(=O)N1CCC(C2CCN(C)CC2)CC1. The summed E-state index contributed by atoms with van der Waals surface area (Å²) in [6, 6.07) is 0.558. The Labute approximate surface area is 148 Å². The molecule has 2 saturated heterocycles. The lowest BCUT2D eigenvalue weighted by molar-refractivity contribution is -0.135. The third kappa shape index (κ3) is 4.72. The number of likely N-dealkylation sites (tertiary alicyclic amines) is 2. The average Bonchev–Trinajstić information content (AvgIpc) is 2.63. The fourth-order valence-corrected chi connectivity index (χ4v) is 5.06. The maximum atomic E-state index is 12.8. The van der Waals surface area contributed by atoms with Crippen molar-refractivity contribution in [3.05, 3.63) is 0 Å². The van der Waals surface area contributed by atoms with Crippen molar-refractivity contribution in [2.45, 2.75) is 76.8 Å². The Morgan fingerprint density at radius 3 is 2.00 bits per heavy atom. The first-order chi connectivity index (χ1) is 11.6. The molecule has 0 radical (unpaired) electrons. The number of amides is 1. The van der Waals surface area contributed by atoms with Crippen molar-refractivity contribution in [3.63, 3.8) is 0 Å². The molecule has 0 spiro atoms. The summed E-state index contributed by atoms with van der Waals surface area (Å²) in [5.41, 5.74) is 0. The van der Waals surface area contributed by atoms with Crippen LogP contribution in [0.1, 0.15) is 64.7 Å². The number of carbonyl (C=O) groups is 1. The van der Waals surface area contributed by atoms with Crippen molar-refractivity contribution in [1.29, 1.82) is 0 Å². The van der Waals surface area contributed by atoms with Gasteiger partial charge in [0.05, 0.1) is 6.04 Å². The van der Waals surface area contributed by atoms with Crippen LogP contribution in [0.3, 0.4) is 0 Å². The molecule has 3 aliphatic rings. The van der Waals surface area contributed by atoms with E-state index in [-0.39, 0.29) is 6.04 Å². The summed E-state index contributed by atoms with van der Waals surface area (Å²) in [4.78, 5) is 17.3. The third-order valence-electron chi connectivity index (χ3n) is 6.74. The summed E-state index contributed by atoms with van der Waals surface area (Å²) in [6.07, 6.45) is 11.6. The van der Waals surface area contributed by atoms with Gasteiger partial charge in [-0.3, -0.25) is 4.79 Å². The Balaban J connectivity index is 1.41. The molecule has 0 aromatic carbocycles. The number of nitrogens with zero attached hydrogens (tertiary/aromatic N) is 2. The van der Waals surface area contributed by atoms with Gasteiger partial charge in [0.2, 0.25) is 5.91 Å². The van der Waals surface area contributed by atoms with Crippen LogP contribution in [0, 0.1) is 11.8 Å². The van der Waals surface area contributed by atoms with Crippen molar-refractivity contribution in [1.82, 2.24) is 15.1 Å². The highest BCUT2D eigenvalue weighted by molar-refractivity contribution is 5.81. The van der Waals surface area contributed by atoms with E-state index in [0.717, 1.165) is 24.9 Å². The third-order valence-corrected chi connectivity index (χ3v) is 6.74. The van der Waals surface area contributed by atoms with Gasteiger partial charge in [0.15, 0.2) is 0 Å². The van der Waals surface area contributed by atoms with Crippen molar-refractivity contribution in [2.24, 2.45) is 11.8 Å². The van der Waals surface area contributed by atoms with E-state index in [2.05, 4.69) is 29.1 Å². The Bertz CT molecular complexity index is 392. The smallest absolute Gasteiger partial charge is 0.239 e. The van der Waals surface area contributed by atoms with Gasteiger partial charge in [-0.2, -0.15) is 0 Å². The number of hydrogen-bond donors (Lipinski definition) is 1. The standard InChI is InChI=1S/C20H37N3O/c1-16(21-19-6-4-3-5-7-19)20(24)23-14-10-18(11-15-23)17-8-12-22(2)13-9-17/h16-19,21H,3-15H2,1-2H3/t16-/m1/s1. The van der Waals surface area contributed by atoms with Gasteiger partial charge in [-0.15, -0.1) is 0 Å². The highest BCUT2D eigenvalue weighted by Crippen LogP contribution is 2.32. The molecular weight excluding hydrogens is 298 g/mol. The van der Waals surface area contributed by atoms with Gasteiger partial charge in [-0.05, 0) is 77.4 Å². The van der Waals surface area contributed by atoms with Crippen LogP contribution in [0.5, 0.6) is 0 Å². The molecule has 0 aromatic heterocycles. The van der Waals surface area contributed by atoms with Gasteiger partial charge in [0.1, 0.15) is 0 Å². The fourth-order valence-electron chi connectivity index (χ4n) is 5.06. The minimum Gasteiger partial charge on any atom is -0.341 e. The molecule has 1 atom stereocenters. The van der Waals surface area contributed by atoms with Gasteiger partial charge in [-0.25, -0.2) is 0 Å². The number of hydrogen-bond acceptors (Lipinski definition) is 3. The van der Waals surface area contributed by atoms with Crippen molar-refractivity contribution in [3.8, 4) is 0 Å². The number of rotatable bonds is 4. The first-order valence-corrected chi connectivity index (χ1v) is 10.4. The van der Waals surface area contributed by atoms with Gasteiger partial charge in [-0.1, -0.05) is 19.3 Å². The van der Waals surface area contributed by atoms with Crippen LogP contribution in [0.25, 0.3) is 0 Å². The molecule has 3 rings (SSSR count). The van der Waals surface area contributed by atoms with Crippen LogP contribution in [-0.2, 0) is 4.79 Å². The molecule has 24 heavy (non-hydrogen) atoms. The van der Waals surface area contributed by atoms with E-state index in [1.165, 1.54) is 70.9 Å². The number of carbonyl (C=O) groups excluding carboxylic acids is 1. The minimum absolute atomic E-state index is 0.00650. The second-order valence-corrected chi connectivity index (χ2v) is 8.53. The predicted octanol–water partition coefficient (Wildman–Crippen LogP) is 2.88. The Morgan fingerprint density at radius 1 is 0.875 bits per heavy atom. The Hall–Kier alpha value is -0.610. The van der Waals surface area contributed by atoms with Crippen LogP contribution in [0.2, 0.25) is 0 Å². The molecule has 138 valence electrons. The molecular formula is C20H37N3O. The summed E-state index contributed by atoms with van der Waals surface area (Å²) in [7, 11) is 2.23. The molecule has 2 aliphatic heterocycles. The van der Waals surface area contributed by atoms with Gasteiger partial charge in [0, 0.05) is 19.1 Å². The summed E-state index contributed by atoms with van der Waals surface area (Å²) in [5.74, 6) is 2.09. The molecule has 1 aliphatic carbocycles. The summed E-state index contributed by atoms with van der Waals surface area (Å²) in [6.45, 7) is 6.54. The van der Waals surface area contributed by atoms with Gasteiger partial charge >= 0.3 is 0 Å². The average molecular weight is 336 g/mol. The molecule has 2 heterocycles. The minimum atomic E-state index is -0.00650. The lowest BCUT2D eigenvalue weighted by Crippen LogP contribution is -2.51. The molecule has 0 bridgehead atoms. The first kappa shape index (κ1) is 18.2. The number of piperidine rings is 2. The van der Waals surface area contributed by atoms with Crippen molar-refractivity contribution < 1.29 is 4.79 Å². The van der Waals surface area contributed by atoms with Crippen LogP contribution in [0.15, 0.2) is 0 Å². The van der Waals surface area contributed by atoms with Gasteiger partial charge < -0.3 is 15.1 Å². The molecule has 3 fully saturated rings. The van der Waals surface area contributed by atoms with Crippen molar-refractivity contribution in [2.75, 3.05) is 33.2 Å². The Morgan fingerprint density at radius 2 is 1.42 bits per heavy atom. The maximum Gasteiger partial charge on any atom is 0.239 e. The summed E-state index contributed by atoms with van der Waals surface area (Å²) >= 11 is 0. The molecule has 0 unspecified atom stereocenters. The van der Waals surface area contributed by atoms with E-state index in [1.807, 2.05) is 0 Å². The zero-order chi connectivity index (χ0) is 16.9. The van der Waals surface area contributed by atoms with Crippen LogP contribution >= 0.6 is 0 Å². The Kier molecular flexibility index (Phi) is 6.56. The van der Waals surface area contributed by atoms with E-state index in [1.54, 1.807) is 0 Å². The number of nitrogens with one attached hydrogen (secondary N) is 1. The van der Waals surface area contributed by atoms with Crippen LogP contribution < -0.4 is 5.32 Å². The molecule has 1 N–H and O–H groups in total. The first-order valence-electron chi connectivity index (χ1n) is 10.4. The highest BCUT2D eigenvalue weighted by atomic mass is 16.2. The predicted molar refractivity (Wildman–Crippen MR) is 99.0 cm³/mol. The maximum absolute atomic E-state index is 12.8. The lowest BCUT2D eigenvalue weighted by atomic mass is 9.79. The zero-order valence-electron chi connectivity index (χ0n) is 15.8. The fraction of sp³-hybridized carbons (Fsp3) is 0.950. The monoisotopic (exact) mass is 335 g/mol. The topological polar surface area (TPSA) is 35.6 Å². The van der Waals surface area contributed by atoms with E-state index < -0.39 is 0 Å². The lowest BCUT2D eigenvalue weighted by Gasteiger charge is -2.40. The van der Waals surface area contributed by atoms with E-state index >= 15 is 0 Å². The van der Waals surface area contributed by atoms with Crippen LogP contribution in [0.4, 0.5) is 0 Å². The quantitative estimate of drug-likeness (QED) is 0.858.